The molecule has 1 saturated carbocycles. The molecule has 1 amide bonds. The summed E-state index contributed by atoms with van der Waals surface area (Å²) in [5, 5.41) is 3.11. The molecule has 0 bridgehead atoms. The Labute approximate surface area is 66.3 Å². The van der Waals surface area contributed by atoms with Gasteiger partial charge in [0.1, 0.15) is 0 Å². The lowest BCUT2D eigenvalue weighted by Gasteiger charge is -2.33. The fraction of sp³-hybridized carbons (Fsp3) is 0.857. The monoisotopic (exact) mass is 158 g/mol. The third kappa shape index (κ3) is 1.91. The van der Waals surface area contributed by atoms with Crippen LogP contribution in [0.1, 0.15) is 12.8 Å². The molecule has 0 saturated heterocycles. The summed E-state index contributed by atoms with van der Waals surface area (Å²) < 4.78 is 0. The van der Waals surface area contributed by atoms with Crippen molar-refractivity contribution in [2.75, 3.05) is 14.2 Å². The molecule has 1 aliphatic rings. The van der Waals surface area contributed by atoms with E-state index in [9.17, 15) is 4.79 Å². The van der Waals surface area contributed by atoms with Crippen molar-refractivity contribution in [3.05, 3.63) is 0 Å². The van der Waals surface area contributed by atoms with E-state index < -0.39 is 0 Å². The number of rotatable bonds is 3. The van der Waals surface area contributed by atoms with E-state index in [1.54, 1.807) is 0 Å². The van der Waals surface area contributed by atoms with Gasteiger partial charge < -0.3 is 5.32 Å². The van der Waals surface area contributed by atoms with Crippen molar-refractivity contribution in [3.63, 3.8) is 0 Å². The van der Waals surface area contributed by atoms with Crippen molar-refractivity contribution in [1.82, 2.24) is 10.8 Å². The zero-order chi connectivity index (χ0) is 8.27. The highest BCUT2D eigenvalue weighted by Crippen LogP contribution is 2.26. The Hall–Kier alpha value is -0.610. The van der Waals surface area contributed by atoms with Crippen LogP contribution in [0.15, 0.2) is 0 Å². The number of nitrogens with one attached hydrogen (secondary N) is 2. The van der Waals surface area contributed by atoms with Crippen LogP contribution >= 0.6 is 0 Å². The molecule has 0 aromatic heterocycles. The third-order valence-corrected chi connectivity index (χ3v) is 2.12. The van der Waals surface area contributed by atoms with Crippen LogP contribution in [0.5, 0.6) is 0 Å². The molecule has 64 valence electrons. The average molecular weight is 158 g/mol. The molecule has 4 nitrogen and oxygen atoms in total. The fourth-order valence-electron chi connectivity index (χ4n) is 1.25. The van der Waals surface area contributed by atoms with Gasteiger partial charge in [0.25, 0.3) is 0 Å². The lowest BCUT2D eigenvalue weighted by molar-refractivity contribution is -0.138. The molecule has 4 heteroatoms. The van der Waals surface area contributed by atoms with E-state index in [-0.39, 0.29) is 11.8 Å². The molecule has 0 spiro atoms. The minimum atomic E-state index is -0.000926. The second-order valence-electron chi connectivity index (χ2n) is 2.82. The molecule has 1 aliphatic carbocycles. The predicted molar refractivity (Wildman–Crippen MR) is 40.7 cm³/mol. The van der Waals surface area contributed by atoms with E-state index in [1.807, 2.05) is 7.05 Å². The Balaban J connectivity index is 2.16. The van der Waals surface area contributed by atoms with Crippen molar-refractivity contribution in [2.24, 2.45) is 5.92 Å². The maximum absolute atomic E-state index is 11.0. The number of carbonyl (C=O) groups is 1. The van der Waals surface area contributed by atoms with Crippen molar-refractivity contribution >= 4 is 5.91 Å². The maximum atomic E-state index is 11.0. The van der Waals surface area contributed by atoms with Crippen LogP contribution in [0.3, 0.4) is 0 Å². The number of hydrogen-bond donors (Lipinski definition) is 2. The number of amides is 1. The number of hydroxylamine groups is 1. The highest BCUT2D eigenvalue weighted by Gasteiger charge is 2.33. The van der Waals surface area contributed by atoms with Gasteiger partial charge in [-0.3, -0.25) is 9.63 Å². The maximum Gasteiger partial charge on any atom is 0.246 e. The zero-order valence-electron chi connectivity index (χ0n) is 6.89. The average Bonchev–Trinajstić information content (AvgIpc) is 1.86. The summed E-state index contributed by atoms with van der Waals surface area (Å²) in [7, 11) is 3.36. The summed E-state index contributed by atoms with van der Waals surface area (Å²) in [6.45, 7) is 0. The summed E-state index contributed by atoms with van der Waals surface area (Å²) >= 11 is 0. The van der Waals surface area contributed by atoms with Crippen molar-refractivity contribution in [3.8, 4) is 0 Å². The second-order valence-corrected chi connectivity index (χ2v) is 2.82. The molecule has 0 aliphatic heterocycles. The Morgan fingerprint density at radius 2 is 2.18 bits per heavy atom. The van der Waals surface area contributed by atoms with Crippen molar-refractivity contribution in [2.45, 2.75) is 18.9 Å². The van der Waals surface area contributed by atoms with Crippen molar-refractivity contribution in [1.29, 1.82) is 0 Å². The second kappa shape index (κ2) is 3.69. The molecule has 0 atom stereocenters. The van der Waals surface area contributed by atoms with Gasteiger partial charge in [0, 0.05) is 12.0 Å². The predicted octanol–water partition coefficient (Wildman–Crippen LogP) is -0.338. The zero-order valence-corrected chi connectivity index (χ0v) is 6.89. The highest BCUT2D eigenvalue weighted by atomic mass is 16.6. The van der Waals surface area contributed by atoms with Gasteiger partial charge in [-0.15, -0.1) is 0 Å². The molecular weight excluding hydrogens is 144 g/mol. The first-order chi connectivity index (χ1) is 5.27. The van der Waals surface area contributed by atoms with E-state index in [2.05, 4.69) is 15.6 Å². The lowest BCUT2D eigenvalue weighted by atomic mass is 9.80. The summed E-state index contributed by atoms with van der Waals surface area (Å²) in [6, 6.07) is 0.516. The van der Waals surface area contributed by atoms with E-state index in [0.29, 0.717) is 6.04 Å². The first kappa shape index (κ1) is 8.49. The molecule has 2 N–H and O–H groups in total. The minimum absolute atomic E-state index is 0.000926. The molecule has 11 heavy (non-hydrogen) atoms. The van der Waals surface area contributed by atoms with E-state index in [1.165, 1.54) is 7.11 Å². The van der Waals surface area contributed by atoms with Gasteiger partial charge in [0.05, 0.1) is 7.11 Å². The molecule has 1 fully saturated rings. The summed E-state index contributed by atoms with van der Waals surface area (Å²) in [4.78, 5) is 15.5. The SMILES string of the molecule is CNC1CC(C(=O)NOC)C1. The molecule has 1 rings (SSSR count). The summed E-state index contributed by atoms with van der Waals surface area (Å²) in [6.07, 6.45) is 1.84. The first-order valence-electron chi connectivity index (χ1n) is 3.78. The highest BCUT2D eigenvalue weighted by molar-refractivity contribution is 5.78. The smallest absolute Gasteiger partial charge is 0.246 e. The van der Waals surface area contributed by atoms with Gasteiger partial charge in [0.15, 0.2) is 0 Å². The topological polar surface area (TPSA) is 50.4 Å². The fourth-order valence-corrected chi connectivity index (χ4v) is 1.25. The van der Waals surface area contributed by atoms with Crippen LogP contribution in [0.4, 0.5) is 0 Å². The molecule has 0 heterocycles. The Kier molecular flexibility index (Phi) is 2.84. The number of hydrogen-bond acceptors (Lipinski definition) is 3. The number of carbonyl (C=O) groups excluding carboxylic acids is 1. The molecule has 0 aromatic carbocycles. The van der Waals surface area contributed by atoms with Gasteiger partial charge in [-0.1, -0.05) is 0 Å². The Bertz CT molecular complexity index is 143. The normalized spacial score (nSPS) is 29.3. The summed E-state index contributed by atoms with van der Waals surface area (Å²) in [5.74, 6) is 0.145. The third-order valence-electron chi connectivity index (χ3n) is 2.12. The summed E-state index contributed by atoms with van der Waals surface area (Å²) in [5.41, 5.74) is 2.33. The van der Waals surface area contributed by atoms with Crippen LogP contribution < -0.4 is 10.8 Å². The molecular formula is C7H14N2O2. The molecule has 0 unspecified atom stereocenters. The van der Waals surface area contributed by atoms with E-state index >= 15 is 0 Å². The van der Waals surface area contributed by atoms with Gasteiger partial charge in [-0.05, 0) is 19.9 Å². The van der Waals surface area contributed by atoms with Crippen LogP contribution in [-0.4, -0.2) is 26.1 Å². The Morgan fingerprint density at radius 1 is 1.55 bits per heavy atom. The molecule has 0 aromatic rings. The minimum Gasteiger partial charge on any atom is -0.317 e. The Morgan fingerprint density at radius 3 is 2.64 bits per heavy atom. The van der Waals surface area contributed by atoms with Gasteiger partial charge in [0.2, 0.25) is 5.91 Å². The van der Waals surface area contributed by atoms with E-state index in [4.69, 9.17) is 0 Å². The van der Waals surface area contributed by atoms with Crippen LogP contribution in [0, 0.1) is 5.92 Å². The van der Waals surface area contributed by atoms with Crippen LogP contribution in [0.2, 0.25) is 0 Å². The van der Waals surface area contributed by atoms with Gasteiger partial charge >= 0.3 is 0 Å². The van der Waals surface area contributed by atoms with Gasteiger partial charge in [-0.2, -0.15) is 0 Å². The largest absolute Gasteiger partial charge is 0.317 e. The first-order valence-corrected chi connectivity index (χ1v) is 3.78. The quantitative estimate of drug-likeness (QED) is 0.552. The molecule has 0 radical (unpaired) electrons. The lowest BCUT2D eigenvalue weighted by Crippen LogP contribution is -2.46. The van der Waals surface area contributed by atoms with Gasteiger partial charge in [-0.25, -0.2) is 5.48 Å². The van der Waals surface area contributed by atoms with Crippen molar-refractivity contribution < 1.29 is 9.63 Å². The van der Waals surface area contributed by atoms with Crippen LogP contribution in [0.25, 0.3) is 0 Å². The van der Waals surface area contributed by atoms with E-state index in [0.717, 1.165) is 12.8 Å². The standard InChI is InChI=1S/C7H14N2O2/c1-8-6-3-5(4-6)7(10)9-11-2/h5-6,8H,3-4H2,1-2H3,(H,9,10). The van der Waals surface area contributed by atoms with Crippen LogP contribution in [-0.2, 0) is 9.63 Å².